The number of pyridine rings is 1. The molecule has 56 heavy (non-hydrogen) atoms. The molecule has 300 valence electrons. The van der Waals surface area contributed by atoms with Crippen molar-refractivity contribution in [1.29, 1.82) is 0 Å². The number of aromatic amines is 1. The van der Waals surface area contributed by atoms with E-state index in [1.54, 1.807) is 37.4 Å². The van der Waals surface area contributed by atoms with E-state index in [1.165, 1.54) is 31.4 Å². The summed E-state index contributed by atoms with van der Waals surface area (Å²) in [5.41, 5.74) is -0.583. The molecule has 2 heterocycles. The molecular weight excluding hydrogens is 749 g/mol. The van der Waals surface area contributed by atoms with Crippen molar-refractivity contribution in [2.75, 3.05) is 7.11 Å². The molecule has 5 atom stereocenters. The van der Waals surface area contributed by atoms with Crippen molar-refractivity contribution in [3.05, 3.63) is 94.6 Å². The summed E-state index contributed by atoms with van der Waals surface area (Å²) in [6.07, 6.45) is -2.19. The van der Waals surface area contributed by atoms with Crippen LogP contribution in [0.2, 0.25) is 0 Å². The lowest BCUT2D eigenvalue weighted by molar-refractivity contribution is -0.137. The van der Waals surface area contributed by atoms with Gasteiger partial charge in [-0.1, -0.05) is 83.1 Å². The maximum Gasteiger partial charge on any atom is 0.418 e. The number of hydrogen-bond acceptors (Lipinski definition) is 6. The van der Waals surface area contributed by atoms with Gasteiger partial charge in [0.2, 0.25) is 23.6 Å². The second-order valence-corrected chi connectivity index (χ2v) is 15.0. The maximum atomic E-state index is 14.8. The second kappa shape index (κ2) is 17.8. The Kier molecular flexibility index (Phi) is 13.4. The third kappa shape index (κ3) is 9.48. The number of alkyl halides is 3. The first kappa shape index (κ1) is 42.1. The number of para-hydroxylation sites is 1. The van der Waals surface area contributed by atoms with Crippen molar-refractivity contribution in [2.45, 2.75) is 96.6 Å². The normalized spacial score (nSPS) is 17.5. The molecule has 5 N–H and O–H groups in total. The maximum absolute atomic E-state index is 14.8. The Bertz CT molecular complexity index is 2070. The Morgan fingerprint density at radius 3 is 2.39 bits per heavy atom. The third-order valence-corrected chi connectivity index (χ3v) is 11.2. The van der Waals surface area contributed by atoms with E-state index in [0.29, 0.717) is 46.9 Å². The van der Waals surface area contributed by atoms with E-state index >= 15 is 0 Å². The minimum atomic E-state index is -4.63. The molecule has 1 aliphatic carbocycles. The van der Waals surface area contributed by atoms with Crippen molar-refractivity contribution in [3.63, 3.8) is 0 Å². The third-order valence-electron chi connectivity index (χ3n) is 10.8. The number of carbonyl (C=O) groups excluding carboxylic acids is 3. The van der Waals surface area contributed by atoms with E-state index < -0.39 is 58.8 Å². The molecule has 0 aliphatic heterocycles. The minimum absolute atomic E-state index is 0.0341. The van der Waals surface area contributed by atoms with Gasteiger partial charge in [-0.05, 0) is 59.6 Å². The summed E-state index contributed by atoms with van der Waals surface area (Å²) >= 11 is 5.84. The van der Waals surface area contributed by atoms with Gasteiger partial charge in [0.05, 0.1) is 35.6 Å². The van der Waals surface area contributed by atoms with Gasteiger partial charge in [-0.15, -0.1) is 0 Å². The summed E-state index contributed by atoms with van der Waals surface area (Å²) in [4.78, 5) is 49.9. The highest BCUT2D eigenvalue weighted by atomic mass is 32.1. The molecule has 3 amide bonds. The number of aryl methyl sites for hydroxylation is 1. The summed E-state index contributed by atoms with van der Waals surface area (Å²) in [7, 11) is 1.51. The molecule has 0 saturated carbocycles. The zero-order valence-corrected chi connectivity index (χ0v) is 32.8. The Morgan fingerprint density at radius 2 is 1.71 bits per heavy atom. The molecule has 2 aromatic heterocycles. The van der Waals surface area contributed by atoms with Crippen molar-refractivity contribution in [3.8, 4) is 5.88 Å². The number of ether oxygens (including phenoxy) is 1. The van der Waals surface area contributed by atoms with Gasteiger partial charge < -0.3 is 31.0 Å². The number of hydrogen-bond donors (Lipinski definition) is 5. The number of nitrogens with one attached hydrogen (secondary N) is 5. The van der Waals surface area contributed by atoms with Crippen LogP contribution in [0.15, 0.2) is 60.8 Å². The number of methoxy groups -OCH3 is 1. The molecule has 15 heteroatoms. The minimum Gasteiger partial charge on any atom is -0.481 e. The highest BCUT2D eigenvalue weighted by Crippen LogP contribution is 2.40. The first-order valence-electron chi connectivity index (χ1n) is 18.7. The topological polar surface area (TPSA) is 137 Å². The Balaban J connectivity index is 1.49. The summed E-state index contributed by atoms with van der Waals surface area (Å²) in [6, 6.07) is 11.5. The summed E-state index contributed by atoms with van der Waals surface area (Å²) in [5.74, 6) is -2.51. The number of halogens is 4. The molecule has 0 fully saturated rings. The van der Waals surface area contributed by atoms with Gasteiger partial charge in [-0.25, -0.2) is 9.37 Å². The molecule has 10 nitrogen and oxygen atoms in total. The fraction of sp³-hybridized carbons (Fsp3) is 0.439. The van der Waals surface area contributed by atoms with Crippen LogP contribution in [0, 0.1) is 17.7 Å². The number of thiocarbonyl (C=S) groups is 1. The van der Waals surface area contributed by atoms with Gasteiger partial charge in [0, 0.05) is 36.3 Å². The monoisotopic (exact) mass is 796 g/mol. The van der Waals surface area contributed by atoms with Gasteiger partial charge in [0.25, 0.3) is 0 Å². The van der Waals surface area contributed by atoms with Gasteiger partial charge >= 0.3 is 6.18 Å². The van der Waals surface area contributed by atoms with Crippen molar-refractivity contribution < 1.29 is 36.7 Å². The summed E-state index contributed by atoms with van der Waals surface area (Å²) in [6.45, 7) is 7.82. The van der Waals surface area contributed by atoms with E-state index in [0.717, 1.165) is 11.6 Å². The molecule has 0 saturated heterocycles. The van der Waals surface area contributed by atoms with Crippen LogP contribution in [0.1, 0.15) is 74.9 Å². The van der Waals surface area contributed by atoms with Gasteiger partial charge in [0.1, 0.15) is 17.4 Å². The van der Waals surface area contributed by atoms with E-state index in [1.807, 2.05) is 20.8 Å². The molecule has 4 aromatic rings. The van der Waals surface area contributed by atoms with Gasteiger partial charge in [-0.3, -0.25) is 14.4 Å². The Hall–Kier alpha value is -5.05. The summed E-state index contributed by atoms with van der Waals surface area (Å²) < 4.78 is 62.0. The molecule has 5 rings (SSSR count). The van der Waals surface area contributed by atoms with E-state index in [9.17, 15) is 31.9 Å². The van der Waals surface area contributed by atoms with Crippen LogP contribution in [0.5, 0.6) is 5.88 Å². The first-order valence-corrected chi connectivity index (χ1v) is 19.1. The van der Waals surface area contributed by atoms with E-state index in [4.69, 9.17) is 17.0 Å². The number of benzene rings is 2. The number of fused-ring (bicyclic) bond motifs is 3. The lowest BCUT2D eigenvalue weighted by Gasteiger charge is -2.40. The lowest BCUT2D eigenvalue weighted by Crippen LogP contribution is -2.67. The number of amides is 3. The van der Waals surface area contributed by atoms with Crippen LogP contribution in [-0.2, 0) is 46.4 Å². The fourth-order valence-electron chi connectivity index (χ4n) is 7.07. The fourth-order valence-corrected chi connectivity index (χ4v) is 7.44. The molecule has 0 spiro atoms. The van der Waals surface area contributed by atoms with Crippen LogP contribution in [0.4, 0.5) is 17.6 Å². The van der Waals surface area contributed by atoms with Gasteiger partial charge in [-0.2, -0.15) is 13.2 Å². The molecule has 0 radical (unpaired) electrons. The highest BCUT2D eigenvalue weighted by molar-refractivity contribution is 7.80. The highest BCUT2D eigenvalue weighted by Gasteiger charge is 2.47. The SMILES string of the molecule is CCC(C)[C@H](NC(=O)Cc1ccccc1F)C(=O)N[C@]1(C(=O)NC(C(=S)NCc2ccnc(OC)c2)[C@@H](C)CC)CCc2[nH]c3c(C(F)(F)F)cccc3c2C1. The van der Waals surface area contributed by atoms with Crippen molar-refractivity contribution >= 4 is 45.8 Å². The van der Waals surface area contributed by atoms with Crippen LogP contribution in [0.25, 0.3) is 10.9 Å². The van der Waals surface area contributed by atoms with Crippen molar-refractivity contribution in [1.82, 2.24) is 31.2 Å². The Labute approximate surface area is 328 Å². The predicted octanol–water partition coefficient (Wildman–Crippen LogP) is 6.49. The zero-order chi connectivity index (χ0) is 40.8. The largest absolute Gasteiger partial charge is 0.481 e. The van der Waals surface area contributed by atoms with E-state index in [2.05, 4.69) is 31.2 Å². The lowest BCUT2D eigenvalue weighted by atomic mass is 9.78. The Morgan fingerprint density at radius 1 is 1.00 bits per heavy atom. The van der Waals surface area contributed by atoms with Gasteiger partial charge in [0.15, 0.2) is 0 Å². The van der Waals surface area contributed by atoms with Crippen LogP contribution >= 0.6 is 12.2 Å². The molecular formula is C41H48F4N6O4S. The first-order chi connectivity index (χ1) is 26.6. The number of carbonyl (C=O) groups is 3. The molecule has 2 aromatic carbocycles. The van der Waals surface area contributed by atoms with E-state index in [-0.39, 0.29) is 42.7 Å². The quantitative estimate of drug-likeness (QED) is 0.0685. The number of rotatable bonds is 15. The average Bonchev–Trinajstić information content (AvgIpc) is 3.55. The predicted molar refractivity (Wildman–Crippen MR) is 209 cm³/mol. The van der Waals surface area contributed by atoms with Crippen molar-refractivity contribution in [2.24, 2.45) is 11.8 Å². The van der Waals surface area contributed by atoms with Crippen LogP contribution in [-0.4, -0.2) is 57.4 Å². The number of nitrogens with zero attached hydrogens (tertiary/aromatic N) is 1. The number of aromatic nitrogens is 2. The molecule has 1 aliphatic rings. The standard InChI is InChI=1S/C41H48F4N6O4S/c1-6-23(3)34(49-32(52)20-26-11-8-9-14-30(26)42)37(53)51-40(17-15-31-28(21-40)27-12-10-13-29(36(27)48-31)41(43,44)45)39(54)50-35(24(4)7-2)38(56)47-22-25-16-18-46-33(19-25)55-5/h8-14,16,18-19,23-24,34-35,48H,6-7,15,17,20-22H2,1-5H3,(H,47,56)(H,49,52)(H,50,54)(H,51,53)/t23?,24-,34-,35?,40+/m0/s1. The average molecular weight is 797 g/mol. The summed E-state index contributed by atoms with van der Waals surface area (Å²) in [5, 5.41) is 12.4. The molecule has 0 bridgehead atoms. The smallest absolute Gasteiger partial charge is 0.418 e. The zero-order valence-electron chi connectivity index (χ0n) is 32.0. The second-order valence-electron chi connectivity index (χ2n) is 14.5. The van der Waals surface area contributed by atoms with Crippen LogP contribution < -0.4 is 26.0 Å². The molecule has 2 unspecified atom stereocenters. The van der Waals surface area contributed by atoms with Crippen LogP contribution in [0.3, 0.4) is 0 Å². The number of H-pyrrole nitrogens is 1.